The van der Waals surface area contributed by atoms with Crippen LogP contribution in [0.5, 0.6) is 5.75 Å². The van der Waals surface area contributed by atoms with E-state index < -0.39 is 9.93 Å². The quantitative estimate of drug-likeness (QED) is 0.585. The fourth-order valence-electron chi connectivity index (χ4n) is 3.27. The van der Waals surface area contributed by atoms with Crippen molar-refractivity contribution in [2.75, 3.05) is 0 Å². The molecule has 2 aromatic heterocycles. The van der Waals surface area contributed by atoms with Crippen molar-refractivity contribution in [3.05, 3.63) is 60.0 Å². The molecule has 0 saturated heterocycles. The highest BCUT2D eigenvalue weighted by molar-refractivity contribution is 6.51. The number of ether oxygens (including phenoxy) is 1. The molecule has 1 aromatic carbocycles. The number of halogens is 2. The van der Waals surface area contributed by atoms with Gasteiger partial charge in [0, 0.05) is 12.1 Å². The van der Waals surface area contributed by atoms with Gasteiger partial charge in [-0.05, 0) is 57.0 Å². The van der Waals surface area contributed by atoms with Gasteiger partial charge in [0.1, 0.15) is 10.1 Å². The number of rotatable bonds is 6. The predicted molar refractivity (Wildman–Crippen MR) is 112 cm³/mol. The molecule has 2 atom stereocenters. The number of nitrogens with zero attached hydrogens (tertiary/aromatic N) is 3. The summed E-state index contributed by atoms with van der Waals surface area (Å²) in [4.78, 5) is 12.9. The first-order valence-corrected chi connectivity index (χ1v) is 10.2. The van der Waals surface area contributed by atoms with Crippen molar-refractivity contribution < 1.29 is 9.53 Å². The van der Waals surface area contributed by atoms with Gasteiger partial charge < -0.3 is 10.1 Å². The molecule has 0 unspecified atom stereocenters. The summed E-state index contributed by atoms with van der Waals surface area (Å²) in [6.45, 7) is 5.33. The van der Waals surface area contributed by atoms with Crippen LogP contribution in [0.4, 0.5) is 0 Å². The summed E-state index contributed by atoms with van der Waals surface area (Å²) in [5, 5.41) is 11.3. The number of benzene rings is 1. The van der Waals surface area contributed by atoms with Gasteiger partial charge in [0.15, 0.2) is 17.1 Å². The number of carbonyl (C=O) groups excluding carboxylic acids is 1. The van der Waals surface area contributed by atoms with Crippen molar-refractivity contribution in [2.24, 2.45) is 0 Å². The summed E-state index contributed by atoms with van der Waals surface area (Å²) in [5.41, 5.74) is 0.725. The molecule has 1 amide bonds. The Kier molecular flexibility index (Phi) is 4.95. The highest BCUT2D eigenvalue weighted by Crippen LogP contribution is 2.59. The van der Waals surface area contributed by atoms with Gasteiger partial charge in [0.25, 0.3) is 5.91 Å². The Morgan fingerprint density at radius 2 is 1.93 bits per heavy atom. The average Bonchev–Trinajstić information content (AvgIpc) is 3.11. The van der Waals surface area contributed by atoms with Gasteiger partial charge in [-0.3, -0.25) is 9.20 Å². The maximum atomic E-state index is 12.9. The van der Waals surface area contributed by atoms with Crippen LogP contribution in [-0.4, -0.2) is 30.4 Å². The highest BCUT2D eigenvalue weighted by Gasteiger charge is 2.52. The van der Waals surface area contributed by atoms with Crippen LogP contribution in [0.1, 0.15) is 50.5 Å². The third kappa shape index (κ3) is 4.05. The van der Waals surface area contributed by atoms with Crippen LogP contribution in [0, 0.1) is 0 Å². The third-order valence-electron chi connectivity index (χ3n) is 5.10. The Bertz CT molecular complexity index is 1050. The van der Waals surface area contributed by atoms with Gasteiger partial charge >= 0.3 is 0 Å². The summed E-state index contributed by atoms with van der Waals surface area (Å²) in [5.74, 6) is 1.16. The number of fused-ring (bicyclic) bond motifs is 1. The highest BCUT2D eigenvalue weighted by atomic mass is 35.5. The normalized spacial score (nSPS) is 19.0. The molecule has 6 nitrogen and oxygen atoms in total. The molecule has 8 heteroatoms. The van der Waals surface area contributed by atoms with E-state index in [0.29, 0.717) is 11.6 Å². The molecule has 1 saturated carbocycles. The van der Waals surface area contributed by atoms with Crippen LogP contribution in [0.15, 0.2) is 48.7 Å². The smallest absolute Gasteiger partial charge is 0.264 e. The number of alkyl halides is 2. The minimum absolute atomic E-state index is 0.148. The Morgan fingerprint density at radius 3 is 2.59 bits per heavy atom. The molecule has 4 rings (SSSR count). The van der Waals surface area contributed by atoms with Gasteiger partial charge in [-0.2, -0.15) is 0 Å². The molecule has 0 spiro atoms. The largest absolute Gasteiger partial charge is 0.478 e. The van der Waals surface area contributed by atoms with Crippen LogP contribution < -0.4 is 10.1 Å². The van der Waals surface area contributed by atoms with Gasteiger partial charge in [0.05, 0.1) is 6.04 Å². The second-order valence-electron chi connectivity index (χ2n) is 7.88. The topological polar surface area (TPSA) is 68.5 Å². The molecule has 29 heavy (non-hydrogen) atoms. The third-order valence-corrected chi connectivity index (χ3v) is 5.94. The fraction of sp³-hybridized carbons (Fsp3) is 0.381. The van der Waals surface area contributed by atoms with E-state index in [-0.39, 0.29) is 17.9 Å². The summed E-state index contributed by atoms with van der Waals surface area (Å²) in [7, 11) is 0. The van der Waals surface area contributed by atoms with Crippen molar-refractivity contribution in [3.63, 3.8) is 0 Å². The number of nitrogens with one attached hydrogen (secondary N) is 1. The van der Waals surface area contributed by atoms with Crippen LogP contribution >= 0.6 is 23.2 Å². The minimum atomic E-state index is -1.07. The zero-order valence-electron chi connectivity index (χ0n) is 16.4. The van der Waals surface area contributed by atoms with Crippen LogP contribution in [0.2, 0.25) is 0 Å². The van der Waals surface area contributed by atoms with Crippen molar-refractivity contribution in [1.82, 2.24) is 19.9 Å². The lowest BCUT2D eigenvalue weighted by molar-refractivity contribution is -0.135. The van der Waals surface area contributed by atoms with E-state index in [1.54, 1.807) is 13.8 Å². The molecular formula is C21H22Cl2N4O2. The number of hydrogen-bond acceptors (Lipinski definition) is 4. The maximum Gasteiger partial charge on any atom is 0.264 e. The zero-order valence-corrected chi connectivity index (χ0v) is 17.9. The molecule has 1 aliphatic carbocycles. The Balaban J connectivity index is 1.42. The van der Waals surface area contributed by atoms with Gasteiger partial charge in [-0.25, -0.2) is 0 Å². The Labute approximate surface area is 179 Å². The number of hydrogen-bond donors (Lipinski definition) is 1. The molecule has 1 N–H and O–H groups in total. The molecule has 2 heterocycles. The van der Waals surface area contributed by atoms with Crippen molar-refractivity contribution in [1.29, 1.82) is 0 Å². The zero-order chi connectivity index (χ0) is 20.8. The van der Waals surface area contributed by atoms with E-state index >= 15 is 0 Å². The first-order chi connectivity index (χ1) is 13.7. The van der Waals surface area contributed by atoms with Crippen LogP contribution in [0.3, 0.4) is 0 Å². The predicted octanol–water partition coefficient (Wildman–Crippen LogP) is 4.43. The lowest BCUT2D eigenvalue weighted by Gasteiger charge is -2.27. The van der Waals surface area contributed by atoms with Gasteiger partial charge in [0.2, 0.25) is 0 Å². The standard InChI is InChI=1S/C21H22Cl2N4O2/c1-13(18-26-25-17-6-4-5-11-27(17)18)24-19(28)20(2,3)29-15-9-7-14(8-10-15)16-12-21(16,22)23/h4-11,13,16H,12H2,1-3H3,(H,24,28)/t13-,16+/m0/s1. The number of pyridine rings is 1. The number of aromatic nitrogens is 3. The lowest BCUT2D eigenvalue weighted by atomic mass is 10.1. The monoisotopic (exact) mass is 432 g/mol. The first kappa shape index (κ1) is 20.0. The number of amides is 1. The SMILES string of the molecule is C[C@H](NC(=O)C(C)(C)Oc1ccc([C@H]2CC2(Cl)Cl)cc1)c1nnc2ccccn12. The van der Waals surface area contributed by atoms with Crippen LogP contribution in [0.25, 0.3) is 5.65 Å². The fourth-order valence-corrected chi connectivity index (χ4v) is 3.83. The van der Waals surface area contributed by atoms with Crippen LogP contribution in [-0.2, 0) is 4.79 Å². The molecule has 3 aromatic rings. The lowest BCUT2D eigenvalue weighted by Crippen LogP contribution is -2.47. The summed E-state index contributed by atoms with van der Waals surface area (Å²) < 4.78 is 7.14. The van der Waals surface area contributed by atoms with Crippen molar-refractivity contribution in [2.45, 2.75) is 49.1 Å². The summed E-state index contributed by atoms with van der Waals surface area (Å²) in [6.07, 6.45) is 2.62. The molecule has 0 aliphatic heterocycles. The second-order valence-corrected chi connectivity index (χ2v) is 9.42. The van der Waals surface area contributed by atoms with Gasteiger partial charge in [-0.1, -0.05) is 18.2 Å². The molecule has 1 aliphatic rings. The maximum absolute atomic E-state index is 12.9. The van der Waals surface area contributed by atoms with Crippen molar-refractivity contribution >= 4 is 34.8 Å². The Morgan fingerprint density at radius 1 is 1.24 bits per heavy atom. The molecule has 0 radical (unpaired) electrons. The average molecular weight is 433 g/mol. The number of carbonyl (C=O) groups is 1. The second kappa shape index (κ2) is 7.18. The van der Waals surface area contributed by atoms with E-state index in [1.165, 1.54) is 0 Å². The van der Waals surface area contributed by atoms with E-state index in [4.69, 9.17) is 27.9 Å². The molecule has 0 bridgehead atoms. The summed E-state index contributed by atoms with van der Waals surface area (Å²) in [6, 6.07) is 12.9. The van der Waals surface area contributed by atoms with E-state index in [1.807, 2.05) is 60.0 Å². The molecule has 152 valence electrons. The Hall–Kier alpha value is -2.31. The van der Waals surface area contributed by atoms with E-state index in [2.05, 4.69) is 15.5 Å². The molecular weight excluding hydrogens is 411 g/mol. The summed E-state index contributed by atoms with van der Waals surface area (Å²) >= 11 is 12.3. The van der Waals surface area contributed by atoms with Crippen molar-refractivity contribution in [3.8, 4) is 5.75 Å². The van der Waals surface area contributed by atoms with E-state index in [9.17, 15) is 4.79 Å². The first-order valence-electron chi connectivity index (χ1n) is 9.45. The minimum Gasteiger partial charge on any atom is -0.478 e. The van der Waals surface area contributed by atoms with E-state index in [0.717, 1.165) is 17.6 Å². The van der Waals surface area contributed by atoms with Gasteiger partial charge in [-0.15, -0.1) is 33.4 Å². The molecule has 1 fully saturated rings.